The van der Waals surface area contributed by atoms with Crippen LogP contribution in [-0.4, -0.2) is 30.8 Å². The molecule has 0 saturated heterocycles. The van der Waals surface area contributed by atoms with Crippen molar-refractivity contribution in [2.45, 2.75) is 32.6 Å². The van der Waals surface area contributed by atoms with Gasteiger partial charge in [0, 0.05) is 6.54 Å². The minimum atomic E-state index is -0.631. The zero-order valence-corrected chi connectivity index (χ0v) is 12.7. The Labute approximate surface area is 126 Å². The molecule has 4 nitrogen and oxygen atoms in total. The second-order valence-corrected chi connectivity index (χ2v) is 5.87. The number of carboxylic acids is 1. The molecule has 2 rings (SSSR count). The molecule has 1 saturated carbocycles. The fourth-order valence-corrected chi connectivity index (χ4v) is 2.87. The second kappa shape index (κ2) is 8.03. The predicted molar refractivity (Wildman–Crippen MR) is 82.6 cm³/mol. The van der Waals surface area contributed by atoms with E-state index in [2.05, 4.69) is 5.32 Å². The monoisotopic (exact) mass is 291 g/mol. The highest BCUT2D eigenvalue weighted by Crippen LogP contribution is 2.28. The number of para-hydroxylation sites is 1. The fraction of sp³-hybridized carbons (Fsp3) is 0.588. The maximum absolute atomic E-state index is 10.9. The summed E-state index contributed by atoms with van der Waals surface area (Å²) in [5.74, 6) is 0.805. The number of ether oxygens (including phenoxy) is 1. The number of rotatable bonds is 7. The molecule has 0 radical (unpaired) electrons. The number of nitrogens with one attached hydrogen (secondary N) is 1. The van der Waals surface area contributed by atoms with Crippen LogP contribution in [0.25, 0.3) is 0 Å². The molecule has 0 aliphatic heterocycles. The van der Waals surface area contributed by atoms with Gasteiger partial charge >= 0.3 is 5.97 Å². The Morgan fingerprint density at radius 1 is 1.29 bits per heavy atom. The molecule has 0 atom stereocenters. The van der Waals surface area contributed by atoms with Gasteiger partial charge in [0.25, 0.3) is 0 Å². The van der Waals surface area contributed by atoms with Gasteiger partial charge < -0.3 is 15.2 Å². The molecular weight excluding hydrogens is 266 g/mol. The number of aryl methyl sites for hydroxylation is 1. The summed E-state index contributed by atoms with van der Waals surface area (Å²) < 4.78 is 5.73. The van der Waals surface area contributed by atoms with Gasteiger partial charge in [-0.05, 0) is 56.7 Å². The van der Waals surface area contributed by atoms with Gasteiger partial charge in [-0.25, -0.2) is 0 Å². The quantitative estimate of drug-likeness (QED) is 0.758. The van der Waals surface area contributed by atoms with E-state index in [-0.39, 0.29) is 5.92 Å². The SMILES string of the molecule is Cc1ccccc1OCCNCC1CCC(C(=O)O)CC1. The van der Waals surface area contributed by atoms with Gasteiger partial charge in [-0.2, -0.15) is 0 Å². The number of benzene rings is 1. The van der Waals surface area contributed by atoms with Crippen molar-refractivity contribution < 1.29 is 14.6 Å². The summed E-state index contributed by atoms with van der Waals surface area (Å²) in [5.41, 5.74) is 1.16. The third kappa shape index (κ3) is 5.05. The highest BCUT2D eigenvalue weighted by Gasteiger charge is 2.25. The van der Waals surface area contributed by atoms with E-state index in [1.165, 1.54) is 0 Å². The molecule has 1 fully saturated rings. The minimum absolute atomic E-state index is 0.120. The van der Waals surface area contributed by atoms with Gasteiger partial charge in [0.05, 0.1) is 5.92 Å². The number of carbonyl (C=O) groups is 1. The van der Waals surface area contributed by atoms with Crippen LogP contribution in [0.5, 0.6) is 5.75 Å². The smallest absolute Gasteiger partial charge is 0.306 e. The standard InChI is InChI=1S/C17H25NO3/c1-13-4-2-3-5-16(13)21-11-10-18-12-14-6-8-15(9-7-14)17(19)20/h2-5,14-15,18H,6-12H2,1H3,(H,19,20). The molecule has 4 heteroatoms. The number of carboxylic acid groups (broad SMARTS) is 1. The molecule has 116 valence electrons. The molecule has 1 aliphatic carbocycles. The molecular formula is C17H25NO3. The Balaban J connectivity index is 1.57. The number of hydrogen-bond donors (Lipinski definition) is 2. The minimum Gasteiger partial charge on any atom is -0.492 e. The van der Waals surface area contributed by atoms with E-state index in [4.69, 9.17) is 9.84 Å². The normalized spacial score (nSPS) is 22.0. The van der Waals surface area contributed by atoms with Crippen LogP contribution in [0.1, 0.15) is 31.2 Å². The van der Waals surface area contributed by atoms with Crippen molar-refractivity contribution in [3.63, 3.8) is 0 Å². The van der Waals surface area contributed by atoms with Gasteiger partial charge in [0.2, 0.25) is 0 Å². The average molecular weight is 291 g/mol. The summed E-state index contributed by atoms with van der Waals surface area (Å²) in [5, 5.41) is 12.4. The third-order valence-corrected chi connectivity index (χ3v) is 4.26. The van der Waals surface area contributed by atoms with E-state index in [1.54, 1.807) is 0 Å². The van der Waals surface area contributed by atoms with E-state index >= 15 is 0 Å². The summed E-state index contributed by atoms with van der Waals surface area (Å²) in [6, 6.07) is 8.02. The zero-order valence-electron chi connectivity index (χ0n) is 12.7. The Bertz CT molecular complexity index is 453. The lowest BCUT2D eigenvalue weighted by atomic mass is 9.82. The van der Waals surface area contributed by atoms with E-state index in [1.807, 2.05) is 31.2 Å². The lowest BCUT2D eigenvalue weighted by Gasteiger charge is -2.26. The lowest BCUT2D eigenvalue weighted by Crippen LogP contribution is -2.31. The van der Waals surface area contributed by atoms with Crippen molar-refractivity contribution >= 4 is 5.97 Å². The molecule has 0 heterocycles. The van der Waals surface area contributed by atoms with Crippen LogP contribution in [0, 0.1) is 18.8 Å². The van der Waals surface area contributed by atoms with Gasteiger partial charge in [0.1, 0.15) is 12.4 Å². The van der Waals surface area contributed by atoms with Gasteiger partial charge in [-0.15, -0.1) is 0 Å². The molecule has 0 unspecified atom stereocenters. The maximum atomic E-state index is 10.9. The highest BCUT2D eigenvalue weighted by atomic mass is 16.5. The molecule has 0 amide bonds. The number of hydrogen-bond acceptors (Lipinski definition) is 3. The summed E-state index contributed by atoms with van der Waals surface area (Å²) in [6.45, 7) is 4.50. The molecule has 1 aromatic rings. The zero-order chi connectivity index (χ0) is 15.1. The van der Waals surface area contributed by atoms with E-state index in [0.29, 0.717) is 12.5 Å². The first kappa shape index (κ1) is 15.8. The highest BCUT2D eigenvalue weighted by molar-refractivity contribution is 5.69. The van der Waals surface area contributed by atoms with E-state index in [0.717, 1.165) is 50.1 Å². The van der Waals surface area contributed by atoms with E-state index in [9.17, 15) is 4.79 Å². The predicted octanol–water partition coefficient (Wildman–Crippen LogP) is 2.85. The first-order valence-electron chi connectivity index (χ1n) is 7.78. The van der Waals surface area contributed by atoms with Gasteiger partial charge in [-0.3, -0.25) is 4.79 Å². The van der Waals surface area contributed by atoms with Crippen LogP contribution >= 0.6 is 0 Å². The lowest BCUT2D eigenvalue weighted by molar-refractivity contribution is -0.143. The van der Waals surface area contributed by atoms with Crippen molar-refractivity contribution in [1.29, 1.82) is 0 Å². The van der Waals surface area contributed by atoms with Crippen LogP contribution < -0.4 is 10.1 Å². The van der Waals surface area contributed by atoms with Crippen molar-refractivity contribution in [1.82, 2.24) is 5.32 Å². The molecule has 1 aliphatic rings. The Hall–Kier alpha value is -1.55. The first-order chi connectivity index (χ1) is 10.2. The van der Waals surface area contributed by atoms with Crippen LogP contribution in [-0.2, 0) is 4.79 Å². The number of aliphatic carboxylic acids is 1. The first-order valence-corrected chi connectivity index (χ1v) is 7.78. The molecule has 2 N–H and O–H groups in total. The van der Waals surface area contributed by atoms with Crippen molar-refractivity contribution in [2.24, 2.45) is 11.8 Å². The van der Waals surface area contributed by atoms with Crippen LogP contribution in [0.2, 0.25) is 0 Å². The molecule has 1 aromatic carbocycles. The second-order valence-electron chi connectivity index (χ2n) is 5.87. The Morgan fingerprint density at radius 3 is 2.67 bits per heavy atom. The summed E-state index contributed by atoms with van der Waals surface area (Å²) >= 11 is 0. The van der Waals surface area contributed by atoms with Gasteiger partial charge in [-0.1, -0.05) is 18.2 Å². The van der Waals surface area contributed by atoms with Gasteiger partial charge in [0.15, 0.2) is 0 Å². The fourth-order valence-electron chi connectivity index (χ4n) is 2.87. The largest absolute Gasteiger partial charge is 0.492 e. The summed E-state index contributed by atoms with van der Waals surface area (Å²) in [7, 11) is 0. The van der Waals surface area contributed by atoms with Crippen LogP contribution in [0.4, 0.5) is 0 Å². The third-order valence-electron chi connectivity index (χ3n) is 4.26. The summed E-state index contributed by atoms with van der Waals surface area (Å²) in [6.07, 6.45) is 3.67. The van der Waals surface area contributed by atoms with Crippen LogP contribution in [0.15, 0.2) is 24.3 Å². The molecule has 0 aromatic heterocycles. The van der Waals surface area contributed by atoms with E-state index < -0.39 is 5.97 Å². The Morgan fingerprint density at radius 2 is 2.00 bits per heavy atom. The van der Waals surface area contributed by atoms with Crippen molar-refractivity contribution in [3.8, 4) is 5.75 Å². The Kier molecular flexibility index (Phi) is 6.05. The topological polar surface area (TPSA) is 58.6 Å². The van der Waals surface area contributed by atoms with Crippen LogP contribution in [0.3, 0.4) is 0 Å². The average Bonchev–Trinajstić information content (AvgIpc) is 2.49. The molecule has 0 bridgehead atoms. The molecule has 21 heavy (non-hydrogen) atoms. The van der Waals surface area contributed by atoms with Crippen molar-refractivity contribution in [3.05, 3.63) is 29.8 Å². The molecule has 0 spiro atoms. The summed E-state index contributed by atoms with van der Waals surface area (Å²) in [4.78, 5) is 10.9. The van der Waals surface area contributed by atoms with Crippen molar-refractivity contribution in [2.75, 3.05) is 19.7 Å². The maximum Gasteiger partial charge on any atom is 0.306 e.